The molecule has 0 radical (unpaired) electrons. The van der Waals surface area contributed by atoms with E-state index in [4.69, 9.17) is 9.47 Å². The quantitative estimate of drug-likeness (QED) is 0.592. The maximum absolute atomic E-state index is 10.8. The smallest absolute Gasteiger partial charge is 0.269 e. The minimum atomic E-state index is -1.31. The van der Waals surface area contributed by atoms with E-state index in [-0.39, 0.29) is 23.6 Å². The Labute approximate surface area is 125 Å². The number of ether oxygens (including phenoxy) is 2. The highest BCUT2D eigenvalue weighted by Gasteiger charge is 2.08. The monoisotopic (exact) mass is 302 g/mol. The van der Waals surface area contributed by atoms with Crippen molar-refractivity contribution in [1.82, 2.24) is 0 Å². The molecule has 2 aromatic rings. The summed E-state index contributed by atoms with van der Waals surface area (Å²) in [7, 11) is 1.40. The molecule has 0 amide bonds. The summed E-state index contributed by atoms with van der Waals surface area (Å²) in [4.78, 5) is 20.9. The van der Waals surface area contributed by atoms with Crippen molar-refractivity contribution in [2.75, 3.05) is 7.11 Å². The maximum Gasteiger partial charge on any atom is 0.269 e. The molecule has 7 heteroatoms. The van der Waals surface area contributed by atoms with Gasteiger partial charge in [0.05, 0.1) is 18.0 Å². The lowest BCUT2D eigenvalue weighted by atomic mass is 10.2. The van der Waals surface area contributed by atoms with E-state index in [2.05, 4.69) is 0 Å². The van der Waals surface area contributed by atoms with Gasteiger partial charge in [-0.2, -0.15) is 0 Å². The summed E-state index contributed by atoms with van der Waals surface area (Å²) in [5, 5.41) is 21.4. The molecule has 22 heavy (non-hydrogen) atoms. The molecule has 0 N–H and O–H groups in total. The minimum Gasteiger partial charge on any atom is -0.545 e. The third-order valence-electron chi connectivity index (χ3n) is 2.94. The first-order valence-corrected chi connectivity index (χ1v) is 6.27. The van der Waals surface area contributed by atoms with Crippen molar-refractivity contribution in [2.24, 2.45) is 0 Å². The average Bonchev–Trinajstić information content (AvgIpc) is 2.52. The van der Waals surface area contributed by atoms with Gasteiger partial charge in [0, 0.05) is 17.7 Å². The van der Waals surface area contributed by atoms with Crippen molar-refractivity contribution in [3.8, 4) is 11.5 Å². The van der Waals surface area contributed by atoms with Gasteiger partial charge in [0.1, 0.15) is 6.61 Å². The van der Waals surface area contributed by atoms with Crippen LogP contribution in [-0.4, -0.2) is 18.0 Å². The molecule has 0 aromatic heterocycles. The van der Waals surface area contributed by atoms with E-state index in [9.17, 15) is 20.0 Å². The van der Waals surface area contributed by atoms with Crippen molar-refractivity contribution >= 4 is 11.7 Å². The highest BCUT2D eigenvalue weighted by molar-refractivity contribution is 5.86. The van der Waals surface area contributed by atoms with Gasteiger partial charge in [0.15, 0.2) is 11.5 Å². The fourth-order valence-electron chi connectivity index (χ4n) is 1.79. The lowest BCUT2D eigenvalue weighted by molar-refractivity contribution is -0.384. The highest BCUT2D eigenvalue weighted by atomic mass is 16.6. The van der Waals surface area contributed by atoms with Gasteiger partial charge in [-0.3, -0.25) is 10.1 Å². The predicted octanol–water partition coefficient (Wildman–Crippen LogP) is 1.55. The summed E-state index contributed by atoms with van der Waals surface area (Å²) in [6.45, 7) is 0.166. The normalized spacial score (nSPS) is 10.0. The van der Waals surface area contributed by atoms with Crippen molar-refractivity contribution in [1.29, 1.82) is 0 Å². The minimum absolute atomic E-state index is 0.000332. The zero-order chi connectivity index (χ0) is 16.1. The number of nitrogens with zero attached hydrogens (tertiary/aromatic N) is 1. The summed E-state index contributed by atoms with van der Waals surface area (Å²) >= 11 is 0. The summed E-state index contributed by atoms with van der Waals surface area (Å²) in [6, 6.07) is 10.1. The van der Waals surface area contributed by atoms with Crippen LogP contribution in [0.15, 0.2) is 42.5 Å². The molecule has 2 rings (SSSR count). The number of rotatable bonds is 6. The van der Waals surface area contributed by atoms with Gasteiger partial charge in [0.25, 0.3) is 5.69 Å². The van der Waals surface area contributed by atoms with E-state index in [1.807, 2.05) is 0 Å². The third-order valence-corrected chi connectivity index (χ3v) is 2.94. The van der Waals surface area contributed by atoms with Crippen molar-refractivity contribution in [2.45, 2.75) is 6.61 Å². The van der Waals surface area contributed by atoms with E-state index < -0.39 is 10.9 Å². The molecular formula is C15H12NO6-. The first kappa shape index (κ1) is 15.3. The number of benzene rings is 2. The second-order valence-corrected chi connectivity index (χ2v) is 4.37. The maximum atomic E-state index is 10.8. The van der Waals surface area contributed by atoms with E-state index in [1.165, 1.54) is 37.4 Å². The number of carbonyl (C=O) groups excluding carboxylic acids is 1. The summed E-state index contributed by atoms with van der Waals surface area (Å²) < 4.78 is 10.6. The summed E-state index contributed by atoms with van der Waals surface area (Å²) in [5.41, 5.74) is 0.718. The van der Waals surface area contributed by atoms with Crippen LogP contribution in [0, 0.1) is 10.1 Å². The number of non-ortho nitro benzene ring substituents is 1. The van der Waals surface area contributed by atoms with Gasteiger partial charge in [0.2, 0.25) is 0 Å². The Kier molecular flexibility index (Phi) is 4.57. The number of carboxylic acid groups (broad SMARTS) is 1. The van der Waals surface area contributed by atoms with E-state index in [1.54, 1.807) is 12.1 Å². The molecule has 0 heterocycles. The third kappa shape index (κ3) is 3.51. The molecule has 0 spiro atoms. The average molecular weight is 302 g/mol. The number of aromatic carboxylic acids is 1. The molecule has 0 fully saturated rings. The molecule has 0 aliphatic rings. The standard InChI is InChI=1S/C15H13NO6/c1-21-14-8-11(15(17)18)4-7-13(14)22-9-10-2-5-12(6-3-10)16(19)20/h2-8H,9H2,1H3,(H,17,18)/p-1. The largest absolute Gasteiger partial charge is 0.545 e. The van der Waals surface area contributed by atoms with E-state index in [0.717, 1.165) is 5.56 Å². The molecule has 0 atom stereocenters. The molecule has 7 nitrogen and oxygen atoms in total. The van der Waals surface area contributed by atoms with Crippen LogP contribution < -0.4 is 14.6 Å². The lowest BCUT2D eigenvalue weighted by Crippen LogP contribution is -2.22. The Bertz CT molecular complexity index is 696. The number of hydrogen-bond donors (Lipinski definition) is 0. The fourth-order valence-corrected chi connectivity index (χ4v) is 1.79. The van der Waals surface area contributed by atoms with Gasteiger partial charge in [-0.15, -0.1) is 0 Å². The number of nitro benzene ring substituents is 1. The summed E-state index contributed by atoms with van der Waals surface area (Å²) in [5.74, 6) is -0.672. The topological polar surface area (TPSA) is 102 Å². The Morgan fingerprint density at radius 3 is 2.36 bits per heavy atom. The van der Waals surface area contributed by atoms with Crippen LogP contribution >= 0.6 is 0 Å². The van der Waals surface area contributed by atoms with Crippen LogP contribution in [-0.2, 0) is 6.61 Å². The molecule has 0 saturated heterocycles. The van der Waals surface area contributed by atoms with Gasteiger partial charge in [-0.1, -0.05) is 0 Å². The Morgan fingerprint density at radius 2 is 1.82 bits per heavy atom. The van der Waals surface area contributed by atoms with Gasteiger partial charge in [-0.05, 0) is 35.9 Å². The molecule has 2 aromatic carbocycles. The zero-order valence-electron chi connectivity index (χ0n) is 11.6. The zero-order valence-corrected chi connectivity index (χ0v) is 11.6. The first-order valence-electron chi connectivity index (χ1n) is 6.27. The molecule has 0 unspecified atom stereocenters. The predicted molar refractivity (Wildman–Crippen MR) is 74.8 cm³/mol. The Balaban J connectivity index is 2.10. The van der Waals surface area contributed by atoms with E-state index >= 15 is 0 Å². The second kappa shape index (κ2) is 6.57. The number of methoxy groups -OCH3 is 1. The van der Waals surface area contributed by atoms with Crippen LogP contribution in [0.5, 0.6) is 11.5 Å². The number of carbonyl (C=O) groups is 1. The van der Waals surface area contributed by atoms with Gasteiger partial charge < -0.3 is 19.4 Å². The highest BCUT2D eigenvalue weighted by Crippen LogP contribution is 2.28. The van der Waals surface area contributed by atoms with E-state index in [0.29, 0.717) is 5.75 Å². The van der Waals surface area contributed by atoms with Crippen LogP contribution in [0.25, 0.3) is 0 Å². The Morgan fingerprint density at radius 1 is 1.14 bits per heavy atom. The van der Waals surface area contributed by atoms with Gasteiger partial charge >= 0.3 is 0 Å². The SMILES string of the molecule is COc1cc(C(=O)[O-])ccc1OCc1ccc([N+](=O)[O-])cc1. The summed E-state index contributed by atoms with van der Waals surface area (Å²) in [6.07, 6.45) is 0. The fraction of sp³-hybridized carbons (Fsp3) is 0.133. The molecule has 0 bridgehead atoms. The van der Waals surface area contributed by atoms with Crippen LogP contribution in [0.3, 0.4) is 0 Å². The lowest BCUT2D eigenvalue weighted by Gasteiger charge is -2.12. The molecular weight excluding hydrogens is 290 g/mol. The number of hydrogen-bond acceptors (Lipinski definition) is 6. The van der Waals surface area contributed by atoms with Crippen LogP contribution in [0.1, 0.15) is 15.9 Å². The van der Waals surface area contributed by atoms with Crippen molar-refractivity contribution < 1.29 is 24.3 Å². The van der Waals surface area contributed by atoms with Crippen molar-refractivity contribution in [3.05, 3.63) is 63.7 Å². The molecule has 114 valence electrons. The molecule has 0 saturated carbocycles. The van der Waals surface area contributed by atoms with Crippen LogP contribution in [0.2, 0.25) is 0 Å². The molecule has 0 aliphatic heterocycles. The molecule has 0 aliphatic carbocycles. The first-order chi connectivity index (χ1) is 10.5. The number of carboxylic acids is 1. The Hall–Kier alpha value is -3.09. The number of nitro groups is 1. The van der Waals surface area contributed by atoms with Crippen LogP contribution in [0.4, 0.5) is 5.69 Å². The van der Waals surface area contributed by atoms with Gasteiger partial charge in [-0.25, -0.2) is 0 Å². The second-order valence-electron chi connectivity index (χ2n) is 4.37. The van der Waals surface area contributed by atoms with Crippen molar-refractivity contribution in [3.63, 3.8) is 0 Å².